The molecule has 0 bridgehead atoms. The number of rotatable bonds is 1. The molecule has 0 aromatic heterocycles. The third kappa shape index (κ3) is 1.97. The summed E-state index contributed by atoms with van der Waals surface area (Å²) >= 11 is 0. The van der Waals surface area contributed by atoms with E-state index in [1.165, 1.54) is 5.56 Å². The zero-order chi connectivity index (χ0) is 9.97. The number of benzene rings is 1. The van der Waals surface area contributed by atoms with Crippen molar-refractivity contribution in [1.82, 2.24) is 5.32 Å². The average Bonchev–Trinajstić information content (AvgIpc) is 2.19. The third-order valence-corrected chi connectivity index (χ3v) is 2.66. The summed E-state index contributed by atoms with van der Waals surface area (Å²) < 4.78 is 5.83. The lowest BCUT2D eigenvalue weighted by molar-refractivity contribution is -0.0207. The molecule has 1 aliphatic heterocycles. The van der Waals surface area contributed by atoms with Crippen molar-refractivity contribution < 1.29 is 4.74 Å². The van der Waals surface area contributed by atoms with Gasteiger partial charge in [0.2, 0.25) is 0 Å². The van der Waals surface area contributed by atoms with Crippen molar-refractivity contribution in [3.05, 3.63) is 35.9 Å². The highest BCUT2D eigenvalue weighted by Gasteiger charge is 2.26. The summed E-state index contributed by atoms with van der Waals surface area (Å²) in [6, 6.07) is 11.3. The van der Waals surface area contributed by atoms with Crippen LogP contribution in [0.15, 0.2) is 30.3 Å². The van der Waals surface area contributed by atoms with Crippen molar-refractivity contribution in [2.45, 2.75) is 32.0 Å². The van der Waals surface area contributed by atoms with Crippen LogP contribution in [0.2, 0.25) is 0 Å². The van der Waals surface area contributed by atoms with Crippen LogP contribution in [0.4, 0.5) is 0 Å². The van der Waals surface area contributed by atoms with Crippen molar-refractivity contribution in [3.8, 4) is 0 Å². The Hall–Kier alpha value is -0.860. The first-order valence-electron chi connectivity index (χ1n) is 5.20. The van der Waals surface area contributed by atoms with Gasteiger partial charge in [-0.3, -0.25) is 0 Å². The Labute approximate surface area is 85.3 Å². The summed E-state index contributed by atoms with van der Waals surface area (Å²) in [6.07, 6.45) is 0.201. The van der Waals surface area contributed by atoms with Crippen LogP contribution in [0.3, 0.4) is 0 Å². The summed E-state index contributed by atoms with van der Waals surface area (Å²) in [5.74, 6) is 0. The van der Waals surface area contributed by atoms with Crippen LogP contribution < -0.4 is 5.32 Å². The van der Waals surface area contributed by atoms with Crippen molar-refractivity contribution in [2.75, 3.05) is 6.61 Å². The highest BCUT2D eigenvalue weighted by Crippen LogP contribution is 2.24. The largest absolute Gasteiger partial charge is 0.370 e. The van der Waals surface area contributed by atoms with E-state index in [1.807, 2.05) is 6.07 Å². The molecule has 0 amide bonds. The SMILES string of the molecule is C[C@H]1CO[C@H](c2ccccc2)[C@@H](C)N1. The highest BCUT2D eigenvalue weighted by molar-refractivity contribution is 5.19. The van der Waals surface area contributed by atoms with Crippen LogP contribution in [0.25, 0.3) is 0 Å². The quantitative estimate of drug-likeness (QED) is 0.734. The molecule has 14 heavy (non-hydrogen) atoms. The lowest BCUT2D eigenvalue weighted by Crippen LogP contribution is -2.47. The van der Waals surface area contributed by atoms with E-state index in [4.69, 9.17) is 4.74 Å². The summed E-state index contributed by atoms with van der Waals surface area (Å²) in [7, 11) is 0. The topological polar surface area (TPSA) is 21.3 Å². The molecule has 76 valence electrons. The maximum Gasteiger partial charge on any atom is 0.0975 e. The fourth-order valence-electron chi connectivity index (χ4n) is 2.00. The number of nitrogens with one attached hydrogen (secondary N) is 1. The molecule has 0 radical (unpaired) electrons. The molecule has 2 rings (SSSR count). The van der Waals surface area contributed by atoms with Crippen LogP contribution in [0.5, 0.6) is 0 Å². The molecular weight excluding hydrogens is 174 g/mol. The van der Waals surface area contributed by atoms with Crippen LogP contribution in [-0.2, 0) is 4.74 Å². The van der Waals surface area contributed by atoms with E-state index in [9.17, 15) is 0 Å². The first-order chi connectivity index (χ1) is 6.77. The van der Waals surface area contributed by atoms with Gasteiger partial charge in [-0.2, -0.15) is 0 Å². The van der Waals surface area contributed by atoms with Gasteiger partial charge in [-0.05, 0) is 19.4 Å². The first kappa shape index (κ1) is 9.69. The van der Waals surface area contributed by atoms with Gasteiger partial charge in [-0.15, -0.1) is 0 Å². The minimum Gasteiger partial charge on any atom is -0.370 e. The molecule has 0 unspecified atom stereocenters. The van der Waals surface area contributed by atoms with E-state index in [-0.39, 0.29) is 6.10 Å². The average molecular weight is 191 g/mol. The van der Waals surface area contributed by atoms with Gasteiger partial charge in [0.25, 0.3) is 0 Å². The molecule has 2 heteroatoms. The fraction of sp³-hybridized carbons (Fsp3) is 0.500. The molecule has 0 aliphatic carbocycles. The molecule has 1 aliphatic rings. The smallest absolute Gasteiger partial charge is 0.0975 e. The first-order valence-corrected chi connectivity index (χ1v) is 5.20. The second-order valence-electron chi connectivity index (χ2n) is 4.02. The van der Waals surface area contributed by atoms with Crippen LogP contribution in [-0.4, -0.2) is 18.7 Å². The number of hydrogen-bond acceptors (Lipinski definition) is 2. The van der Waals surface area contributed by atoms with E-state index in [1.54, 1.807) is 0 Å². The lowest BCUT2D eigenvalue weighted by Gasteiger charge is -2.34. The second kappa shape index (κ2) is 4.11. The van der Waals surface area contributed by atoms with Crippen molar-refractivity contribution in [2.24, 2.45) is 0 Å². The summed E-state index contributed by atoms with van der Waals surface area (Å²) in [4.78, 5) is 0. The van der Waals surface area contributed by atoms with Crippen molar-refractivity contribution in [1.29, 1.82) is 0 Å². The Bertz CT molecular complexity index is 286. The van der Waals surface area contributed by atoms with Crippen LogP contribution >= 0.6 is 0 Å². The Morgan fingerprint density at radius 2 is 1.93 bits per heavy atom. The Balaban J connectivity index is 2.12. The van der Waals surface area contributed by atoms with Crippen LogP contribution in [0.1, 0.15) is 25.5 Å². The van der Waals surface area contributed by atoms with Gasteiger partial charge in [0.15, 0.2) is 0 Å². The lowest BCUT2D eigenvalue weighted by atomic mass is 10.0. The van der Waals surface area contributed by atoms with E-state index in [2.05, 4.69) is 43.4 Å². The van der Waals surface area contributed by atoms with Gasteiger partial charge < -0.3 is 10.1 Å². The van der Waals surface area contributed by atoms with Crippen molar-refractivity contribution in [3.63, 3.8) is 0 Å². The molecule has 0 saturated carbocycles. The molecule has 1 saturated heterocycles. The Morgan fingerprint density at radius 1 is 1.21 bits per heavy atom. The molecule has 1 aromatic carbocycles. The van der Waals surface area contributed by atoms with E-state index in [0.717, 1.165) is 6.61 Å². The van der Waals surface area contributed by atoms with Gasteiger partial charge in [-0.25, -0.2) is 0 Å². The maximum atomic E-state index is 5.83. The number of hydrogen-bond donors (Lipinski definition) is 1. The van der Waals surface area contributed by atoms with Gasteiger partial charge >= 0.3 is 0 Å². The second-order valence-corrected chi connectivity index (χ2v) is 4.02. The fourth-order valence-corrected chi connectivity index (χ4v) is 2.00. The van der Waals surface area contributed by atoms with E-state index in [0.29, 0.717) is 12.1 Å². The summed E-state index contributed by atoms with van der Waals surface area (Å²) in [6.45, 7) is 5.12. The standard InChI is InChI=1S/C12H17NO/c1-9-8-14-12(10(2)13-9)11-6-4-3-5-7-11/h3-7,9-10,12-13H,8H2,1-2H3/t9-,10+,12-/m0/s1. The predicted octanol–water partition coefficient (Wildman–Crippen LogP) is 2.12. The molecule has 0 spiro atoms. The third-order valence-electron chi connectivity index (χ3n) is 2.66. The van der Waals surface area contributed by atoms with Gasteiger partial charge in [0.1, 0.15) is 0 Å². The molecule has 3 atom stereocenters. The van der Waals surface area contributed by atoms with Crippen molar-refractivity contribution >= 4 is 0 Å². The number of morpholine rings is 1. The molecule has 1 N–H and O–H groups in total. The zero-order valence-corrected chi connectivity index (χ0v) is 8.73. The van der Waals surface area contributed by atoms with Gasteiger partial charge in [0, 0.05) is 12.1 Å². The van der Waals surface area contributed by atoms with Gasteiger partial charge in [-0.1, -0.05) is 30.3 Å². The molecular formula is C12H17NO. The van der Waals surface area contributed by atoms with E-state index < -0.39 is 0 Å². The number of ether oxygens (including phenoxy) is 1. The summed E-state index contributed by atoms with van der Waals surface area (Å²) in [5, 5.41) is 3.50. The maximum absolute atomic E-state index is 5.83. The molecule has 2 nitrogen and oxygen atoms in total. The highest BCUT2D eigenvalue weighted by atomic mass is 16.5. The summed E-state index contributed by atoms with van der Waals surface area (Å²) in [5.41, 5.74) is 1.26. The molecule has 1 fully saturated rings. The van der Waals surface area contributed by atoms with E-state index >= 15 is 0 Å². The predicted molar refractivity (Wildman–Crippen MR) is 57.2 cm³/mol. The zero-order valence-electron chi connectivity index (χ0n) is 8.73. The van der Waals surface area contributed by atoms with Crippen LogP contribution in [0, 0.1) is 0 Å². The minimum absolute atomic E-state index is 0.201. The Kier molecular flexibility index (Phi) is 2.85. The molecule has 1 aromatic rings. The van der Waals surface area contributed by atoms with Gasteiger partial charge in [0.05, 0.1) is 12.7 Å². The molecule has 1 heterocycles. The minimum atomic E-state index is 0.201. The normalized spacial score (nSPS) is 32.9. The monoisotopic (exact) mass is 191 g/mol. The Morgan fingerprint density at radius 3 is 2.57 bits per heavy atom.